The first-order chi connectivity index (χ1) is 13.7. The van der Waals surface area contributed by atoms with Crippen LogP contribution in [-0.2, 0) is 30.3 Å². The topological polar surface area (TPSA) is 158 Å². The second kappa shape index (κ2) is 10.6. The number of nitro benzene ring substituents is 1. The van der Waals surface area contributed by atoms with E-state index in [1.165, 1.54) is 12.1 Å². The molecule has 0 radical (unpaired) electrons. The van der Waals surface area contributed by atoms with Gasteiger partial charge in [-0.05, 0) is 25.5 Å². The van der Waals surface area contributed by atoms with Gasteiger partial charge in [-0.1, -0.05) is 6.07 Å². The van der Waals surface area contributed by atoms with E-state index in [0.29, 0.717) is 0 Å². The average molecular weight is 407 g/mol. The van der Waals surface area contributed by atoms with Gasteiger partial charge in [-0.15, -0.1) is 0 Å². The third kappa shape index (κ3) is 6.46. The second-order valence-electron chi connectivity index (χ2n) is 5.75. The van der Waals surface area contributed by atoms with Gasteiger partial charge in [-0.2, -0.15) is 5.26 Å². The fourth-order valence-corrected chi connectivity index (χ4v) is 2.42. The molecule has 0 heterocycles. The Morgan fingerprint density at radius 3 is 2.41 bits per heavy atom. The van der Waals surface area contributed by atoms with Gasteiger partial charge in [0.15, 0.2) is 12.4 Å². The number of hydrogen-bond donors (Lipinski definition) is 1. The maximum absolute atomic E-state index is 12.3. The van der Waals surface area contributed by atoms with Crippen molar-refractivity contribution in [3.8, 4) is 11.8 Å². The Hall–Kier alpha value is -3.68. The molecule has 1 aromatic rings. The van der Waals surface area contributed by atoms with Gasteiger partial charge in [-0.3, -0.25) is 14.9 Å². The zero-order valence-electron chi connectivity index (χ0n) is 16.2. The molecular weight excluding hydrogens is 386 g/mol. The van der Waals surface area contributed by atoms with E-state index in [4.69, 9.17) is 14.2 Å². The lowest BCUT2D eigenvalue weighted by atomic mass is 9.91. The highest BCUT2D eigenvalue weighted by atomic mass is 16.6. The van der Waals surface area contributed by atoms with Gasteiger partial charge in [0.05, 0.1) is 18.1 Å². The highest BCUT2D eigenvalue weighted by Crippen LogP contribution is 2.30. The number of carbonyl (C=O) groups is 3. The van der Waals surface area contributed by atoms with E-state index in [-0.39, 0.29) is 30.9 Å². The molecule has 11 nitrogen and oxygen atoms in total. The van der Waals surface area contributed by atoms with Crippen molar-refractivity contribution in [3.05, 3.63) is 33.9 Å². The molecule has 1 aromatic carbocycles. The number of benzene rings is 1. The van der Waals surface area contributed by atoms with E-state index in [0.717, 1.165) is 13.0 Å². The number of esters is 2. The highest BCUT2D eigenvalue weighted by molar-refractivity contribution is 5.90. The summed E-state index contributed by atoms with van der Waals surface area (Å²) in [5, 5.41) is 23.1. The minimum absolute atomic E-state index is 0.0178. The summed E-state index contributed by atoms with van der Waals surface area (Å²) in [7, 11) is 0. The number of nitrogens with one attached hydrogen (secondary N) is 1. The number of nitro groups is 1. The number of nitriles is 1. The Bertz CT molecular complexity index is 833. The Kier molecular flexibility index (Phi) is 8.54. The molecule has 1 N–H and O–H groups in total. The third-order valence-corrected chi connectivity index (χ3v) is 3.55. The van der Waals surface area contributed by atoms with Crippen molar-refractivity contribution >= 4 is 23.5 Å². The van der Waals surface area contributed by atoms with Crippen LogP contribution < -0.4 is 10.1 Å². The fourth-order valence-electron chi connectivity index (χ4n) is 2.42. The Morgan fingerprint density at radius 2 is 1.90 bits per heavy atom. The van der Waals surface area contributed by atoms with Crippen LogP contribution in [0.3, 0.4) is 0 Å². The van der Waals surface area contributed by atoms with Crippen molar-refractivity contribution in [2.75, 3.05) is 19.8 Å². The standard InChI is InChI=1S/C18H21N3O8/c1-4-27-16(23)10-29-15-8-13(6-7-14(15)21(25)26)9-18(11-19,20-12(3)22)17(24)28-5-2/h6-8H,4-5,9-10H2,1-3H3,(H,20,22)/t18-/m1/s1. The Balaban J connectivity index is 3.26. The number of rotatable bonds is 10. The normalized spacial score (nSPS) is 12.1. The molecule has 29 heavy (non-hydrogen) atoms. The lowest BCUT2D eigenvalue weighted by Gasteiger charge is -2.25. The number of hydrogen-bond acceptors (Lipinski definition) is 9. The van der Waals surface area contributed by atoms with Crippen LogP contribution in [0.2, 0.25) is 0 Å². The number of nitrogens with zero attached hydrogens (tertiary/aromatic N) is 2. The fraction of sp³-hybridized carbons (Fsp3) is 0.444. The first kappa shape index (κ1) is 23.4. The van der Waals surface area contributed by atoms with Crippen molar-refractivity contribution < 1.29 is 33.5 Å². The maximum Gasteiger partial charge on any atom is 0.347 e. The largest absolute Gasteiger partial charge is 0.475 e. The first-order valence-corrected chi connectivity index (χ1v) is 8.62. The molecular formula is C18H21N3O8. The summed E-state index contributed by atoms with van der Waals surface area (Å²) in [5.74, 6) is -2.58. The summed E-state index contributed by atoms with van der Waals surface area (Å²) in [6.45, 7) is 3.81. The van der Waals surface area contributed by atoms with Crippen molar-refractivity contribution in [2.45, 2.75) is 32.7 Å². The molecule has 0 aromatic heterocycles. The van der Waals surface area contributed by atoms with Crippen LogP contribution in [0.1, 0.15) is 26.3 Å². The molecule has 0 aliphatic heterocycles. The zero-order chi connectivity index (χ0) is 22.0. The minimum atomic E-state index is -2.03. The SMILES string of the molecule is CCOC(=O)COc1cc(C[C@](C#N)(NC(C)=O)C(=O)OCC)ccc1[N+](=O)[O-]. The summed E-state index contributed by atoms with van der Waals surface area (Å²) in [4.78, 5) is 45.8. The van der Waals surface area contributed by atoms with E-state index in [9.17, 15) is 29.8 Å². The summed E-state index contributed by atoms with van der Waals surface area (Å²) >= 11 is 0. The summed E-state index contributed by atoms with van der Waals surface area (Å²) in [5.41, 5.74) is -2.19. The third-order valence-electron chi connectivity index (χ3n) is 3.55. The Morgan fingerprint density at radius 1 is 1.24 bits per heavy atom. The van der Waals surface area contributed by atoms with Gasteiger partial charge in [-0.25, -0.2) is 9.59 Å². The predicted molar refractivity (Wildman–Crippen MR) is 97.7 cm³/mol. The van der Waals surface area contributed by atoms with Crippen LogP contribution in [-0.4, -0.2) is 48.1 Å². The molecule has 1 rings (SSSR count). The maximum atomic E-state index is 12.3. The van der Waals surface area contributed by atoms with Crippen molar-refractivity contribution in [2.24, 2.45) is 0 Å². The van der Waals surface area contributed by atoms with Crippen molar-refractivity contribution in [1.29, 1.82) is 5.26 Å². The van der Waals surface area contributed by atoms with Crippen molar-refractivity contribution in [1.82, 2.24) is 5.32 Å². The molecule has 0 unspecified atom stereocenters. The number of carbonyl (C=O) groups excluding carboxylic acids is 3. The van der Waals surface area contributed by atoms with Gasteiger partial charge < -0.3 is 19.5 Å². The van der Waals surface area contributed by atoms with Crippen LogP contribution >= 0.6 is 0 Å². The molecule has 0 spiro atoms. The number of ether oxygens (including phenoxy) is 3. The molecule has 0 aliphatic carbocycles. The highest BCUT2D eigenvalue weighted by Gasteiger charge is 2.42. The van der Waals surface area contributed by atoms with Crippen LogP contribution in [0, 0.1) is 21.4 Å². The molecule has 1 atom stereocenters. The molecule has 0 fully saturated rings. The van der Waals surface area contributed by atoms with Crippen LogP contribution in [0.4, 0.5) is 5.69 Å². The smallest absolute Gasteiger partial charge is 0.347 e. The van der Waals surface area contributed by atoms with Gasteiger partial charge in [0.2, 0.25) is 11.4 Å². The monoisotopic (exact) mass is 407 g/mol. The van der Waals surface area contributed by atoms with Gasteiger partial charge in [0, 0.05) is 19.4 Å². The second-order valence-corrected chi connectivity index (χ2v) is 5.75. The van der Waals surface area contributed by atoms with E-state index in [2.05, 4.69) is 5.32 Å². The van der Waals surface area contributed by atoms with Crippen LogP contribution in [0.25, 0.3) is 0 Å². The first-order valence-electron chi connectivity index (χ1n) is 8.62. The molecule has 11 heteroatoms. The lowest BCUT2D eigenvalue weighted by Crippen LogP contribution is -2.55. The zero-order valence-corrected chi connectivity index (χ0v) is 16.2. The van der Waals surface area contributed by atoms with Gasteiger partial charge >= 0.3 is 17.6 Å². The van der Waals surface area contributed by atoms with Crippen LogP contribution in [0.5, 0.6) is 5.75 Å². The lowest BCUT2D eigenvalue weighted by molar-refractivity contribution is -0.385. The molecule has 156 valence electrons. The van der Waals surface area contributed by atoms with E-state index in [1.807, 2.05) is 0 Å². The minimum Gasteiger partial charge on any atom is -0.475 e. The summed E-state index contributed by atoms with van der Waals surface area (Å²) < 4.78 is 14.8. The van der Waals surface area contributed by atoms with E-state index < -0.39 is 40.6 Å². The summed E-state index contributed by atoms with van der Waals surface area (Å²) in [6, 6.07) is 5.38. The molecule has 0 aliphatic rings. The quantitative estimate of drug-likeness (QED) is 0.340. The molecule has 0 saturated carbocycles. The number of amides is 1. The van der Waals surface area contributed by atoms with Crippen molar-refractivity contribution in [3.63, 3.8) is 0 Å². The van der Waals surface area contributed by atoms with Gasteiger partial charge in [0.1, 0.15) is 6.07 Å². The molecule has 0 saturated heterocycles. The molecule has 0 bridgehead atoms. The van der Waals surface area contributed by atoms with Crippen LogP contribution in [0.15, 0.2) is 18.2 Å². The summed E-state index contributed by atoms with van der Waals surface area (Å²) in [6.07, 6.45) is -0.338. The average Bonchev–Trinajstić information content (AvgIpc) is 2.65. The van der Waals surface area contributed by atoms with E-state index >= 15 is 0 Å². The molecule has 1 amide bonds. The van der Waals surface area contributed by atoms with Gasteiger partial charge in [0.25, 0.3) is 0 Å². The van der Waals surface area contributed by atoms with E-state index in [1.54, 1.807) is 19.9 Å². The predicted octanol–water partition coefficient (Wildman–Crippen LogP) is 1.04. The Labute approximate surface area is 166 Å².